The number of nitrogens with zero attached hydrogens (tertiary/aromatic N) is 1. The first-order valence-corrected chi connectivity index (χ1v) is 5.69. The average molecular weight is 223 g/mol. The zero-order valence-electron chi connectivity index (χ0n) is 9.67. The first-order valence-electron chi connectivity index (χ1n) is 5.69. The highest BCUT2D eigenvalue weighted by Crippen LogP contribution is 2.14. The van der Waals surface area contributed by atoms with Gasteiger partial charge < -0.3 is 15.2 Å². The van der Waals surface area contributed by atoms with Crippen molar-refractivity contribution in [1.29, 1.82) is 0 Å². The Bertz CT molecular complexity index is 381. The molecule has 1 atom stereocenters. The Hall–Kier alpha value is -1.36. The second-order valence-electron chi connectivity index (χ2n) is 4.08. The van der Waals surface area contributed by atoms with Gasteiger partial charge in [-0.15, -0.1) is 0 Å². The Labute approximate surface area is 94.6 Å². The largest absolute Gasteiger partial charge is 0.360 e. The van der Waals surface area contributed by atoms with Gasteiger partial charge in [0.15, 0.2) is 0 Å². The van der Waals surface area contributed by atoms with Crippen LogP contribution in [-0.4, -0.2) is 30.2 Å². The number of carbonyl (C=O) groups is 1. The van der Waals surface area contributed by atoms with Crippen molar-refractivity contribution in [2.45, 2.75) is 32.7 Å². The summed E-state index contributed by atoms with van der Waals surface area (Å²) in [6.45, 7) is 5.56. The SMILES string of the molecule is CCc1onc(C)c1C(=O)NC1CCNC1. The maximum Gasteiger partial charge on any atom is 0.257 e. The van der Waals surface area contributed by atoms with E-state index in [2.05, 4.69) is 15.8 Å². The van der Waals surface area contributed by atoms with Gasteiger partial charge in [0.1, 0.15) is 11.3 Å². The summed E-state index contributed by atoms with van der Waals surface area (Å²) in [6, 6.07) is 0.228. The summed E-state index contributed by atoms with van der Waals surface area (Å²) >= 11 is 0. The molecule has 2 heterocycles. The van der Waals surface area contributed by atoms with Gasteiger partial charge in [-0.1, -0.05) is 12.1 Å². The summed E-state index contributed by atoms with van der Waals surface area (Å²) < 4.78 is 5.10. The quantitative estimate of drug-likeness (QED) is 0.789. The third-order valence-corrected chi connectivity index (χ3v) is 2.88. The number of nitrogens with one attached hydrogen (secondary N) is 2. The molecule has 1 fully saturated rings. The van der Waals surface area contributed by atoms with Crippen molar-refractivity contribution in [2.24, 2.45) is 0 Å². The lowest BCUT2D eigenvalue weighted by molar-refractivity contribution is 0.0937. The van der Waals surface area contributed by atoms with Crippen LogP contribution in [0.2, 0.25) is 0 Å². The predicted molar refractivity (Wildman–Crippen MR) is 59.4 cm³/mol. The predicted octanol–water partition coefficient (Wildman–Crippen LogP) is 0.637. The summed E-state index contributed by atoms with van der Waals surface area (Å²) in [4.78, 5) is 12.0. The third kappa shape index (κ3) is 2.09. The van der Waals surface area contributed by atoms with Crippen LogP contribution in [0.4, 0.5) is 0 Å². The minimum absolute atomic E-state index is 0.0655. The molecule has 5 nitrogen and oxygen atoms in total. The maximum absolute atomic E-state index is 12.0. The van der Waals surface area contributed by atoms with Gasteiger partial charge in [0.05, 0.1) is 5.69 Å². The van der Waals surface area contributed by atoms with Crippen LogP contribution in [0.25, 0.3) is 0 Å². The van der Waals surface area contributed by atoms with E-state index in [0.29, 0.717) is 23.4 Å². The normalized spacial score (nSPS) is 20.0. The molecule has 0 aliphatic carbocycles. The van der Waals surface area contributed by atoms with Crippen molar-refractivity contribution < 1.29 is 9.32 Å². The Balaban J connectivity index is 2.10. The van der Waals surface area contributed by atoms with Crippen LogP contribution in [-0.2, 0) is 6.42 Å². The lowest BCUT2D eigenvalue weighted by atomic mass is 10.1. The van der Waals surface area contributed by atoms with Crippen molar-refractivity contribution in [1.82, 2.24) is 15.8 Å². The third-order valence-electron chi connectivity index (χ3n) is 2.88. The number of hydrogen-bond acceptors (Lipinski definition) is 4. The van der Waals surface area contributed by atoms with Crippen LogP contribution < -0.4 is 10.6 Å². The number of aromatic nitrogens is 1. The maximum atomic E-state index is 12.0. The van der Waals surface area contributed by atoms with E-state index < -0.39 is 0 Å². The smallest absolute Gasteiger partial charge is 0.257 e. The lowest BCUT2D eigenvalue weighted by Crippen LogP contribution is -2.36. The van der Waals surface area contributed by atoms with Crippen molar-refractivity contribution in [3.63, 3.8) is 0 Å². The van der Waals surface area contributed by atoms with Gasteiger partial charge in [0.2, 0.25) is 0 Å². The molecular weight excluding hydrogens is 206 g/mol. The molecule has 1 amide bonds. The minimum atomic E-state index is -0.0655. The zero-order valence-corrected chi connectivity index (χ0v) is 9.67. The highest BCUT2D eigenvalue weighted by molar-refractivity contribution is 5.96. The molecule has 0 bridgehead atoms. The molecule has 1 unspecified atom stereocenters. The first-order chi connectivity index (χ1) is 7.72. The number of carbonyl (C=O) groups excluding carboxylic acids is 1. The highest BCUT2D eigenvalue weighted by atomic mass is 16.5. The molecule has 2 N–H and O–H groups in total. The standard InChI is InChI=1S/C11H17N3O2/c1-3-9-10(7(2)14-16-9)11(15)13-8-4-5-12-6-8/h8,12H,3-6H2,1-2H3,(H,13,15). The van der Waals surface area contributed by atoms with Gasteiger partial charge in [0, 0.05) is 19.0 Å². The number of hydrogen-bond donors (Lipinski definition) is 2. The van der Waals surface area contributed by atoms with Crippen molar-refractivity contribution >= 4 is 5.91 Å². The summed E-state index contributed by atoms with van der Waals surface area (Å²) in [6.07, 6.45) is 1.67. The molecule has 5 heteroatoms. The Morgan fingerprint density at radius 3 is 3.12 bits per heavy atom. The van der Waals surface area contributed by atoms with Gasteiger partial charge in [-0.25, -0.2) is 0 Å². The molecule has 0 aromatic carbocycles. The Morgan fingerprint density at radius 2 is 2.50 bits per heavy atom. The lowest BCUT2D eigenvalue weighted by Gasteiger charge is -2.10. The zero-order chi connectivity index (χ0) is 11.5. The van der Waals surface area contributed by atoms with Crippen molar-refractivity contribution in [3.05, 3.63) is 17.0 Å². The van der Waals surface area contributed by atoms with Gasteiger partial charge in [-0.05, 0) is 19.9 Å². The van der Waals surface area contributed by atoms with E-state index in [1.807, 2.05) is 6.92 Å². The number of aryl methyl sites for hydroxylation is 2. The van der Waals surface area contributed by atoms with Crippen molar-refractivity contribution in [2.75, 3.05) is 13.1 Å². The van der Waals surface area contributed by atoms with Crippen LogP contribution in [0.5, 0.6) is 0 Å². The van der Waals surface area contributed by atoms with Gasteiger partial charge in [-0.2, -0.15) is 0 Å². The first kappa shape index (κ1) is 11.1. The van der Waals surface area contributed by atoms with Crippen LogP contribution in [0.1, 0.15) is 35.2 Å². The number of amides is 1. The minimum Gasteiger partial charge on any atom is -0.360 e. The Kier molecular flexibility index (Phi) is 3.24. The number of rotatable bonds is 3. The topological polar surface area (TPSA) is 67.2 Å². The summed E-state index contributed by atoms with van der Waals surface area (Å²) in [5.74, 6) is 0.602. The molecule has 1 aliphatic rings. The highest BCUT2D eigenvalue weighted by Gasteiger charge is 2.23. The van der Waals surface area contributed by atoms with Crippen LogP contribution in [0.15, 0.2) is 4.52 Å². The fraction of sp³-hybridized carbons (Fsp3) is 0.636. The van der Waals surface area contributed by atoms with E-state index in [0.717, 1.165) is 19.5 Å². The fourth-order valence-corrected chi connectivity index (χ4v) is 1.98. The van der Waals surface area contributed by atoms with Gasteiger partial charge in [-0.3, -0.25) is 4.79 Å². The average Bonchev–Trinajstić information content (AvgIpc) is 2.87. The Morgan fingerprint density at radius 1 is 1.69 bits per heavy atom. The molecule has 2 rings (SSSR count). The van der Waals surface area contributed by atoms with Gasteiger partial charge in [0.25, 0.3) is 5.91 Å². The molecule has 0 radical (unpaired) electrons. The molecule has 1 aliphatic heterocycles. The summed E-state index contributed by atoms with van der Waals surface area (Å²) in [5, 5.41) is 10.0. The van der Waals surface area contributed by atoms with Crippen molar-refractivity contribution in [3.8, 4) is 0 Å². The van der Waals surface area contributed by atoms with Crippen LogP contribution in [0, 0.1) is 6.92 Å². The molecule has 1 aromatic rings. The molecule has 1 saturated heterocycles. The molecule has 1 aromatic heterocycles. The molecule has 0 saturated carbocycles. The molecule has 0 spiro atoms. The van der Waals surface area contributed by atoms with Gasteiger partial charge >= 0.3 is 0 Å². The summed E-state index contributed by atoms with van der Waals surface area (Å²) in [7, 11) is 0. The molecular formula is C11H17N3O2. The molecule has 16 heavy (non-hydrogen) atoms. The van der Waals surface area contributed by atoms with E-state index in [-0.39, 0.29) is 11.9 Å². The molecule has 88 valence electrons. The summed E-state index contributed by atoms with van der Waals surface area (Å²) in [5.41, 5.74) is 1.27. The monoisotopic (exact) mass is 223 g/mol. The van der Waals surface area contributed by atoms with E-state index in [1.165, 1.54) is 0 Å². The van der Waals surface area contributed by atoms with Crippen LogP contribution in [0.3, 0.4) is 0 Å². The second-order valence-corrected chi connectivity index (χ2v) is 4.08. The second kappa shape index (κ2) is 4.65. The fourth-order valence-electron chi connectivity index (χ4n) is 1.98. The van der Waals surface area contributed by atoms with E-state index in [9.17, 15) is 4.79 Å². The van der Waals surface area contributed by atoms with Crippen LogP contribution >= 0.6 is 0 Å². The van der Waals surface area contributed by atoms with E-state index in [4.69, 9.17) is 4.52 Å². The van der Waals surface area contributed by atoms with E-state index in [1.54, 1.807) is 6.92 Å². The van der Waals surface area contributed by atoms with E-state index >= 15 is 0 Å².